The Morgan fingerprint density at radius 2 is 2.22 bits per heavy atom. The number of nitrogens with zero attached hydrogens (tertiary/aromatic N) is 2. The lowest BCUT2D eigenvalue weighted by Gasteiger charge is -2.11. The van der Waals surface area contributed by atoms with Gasteiger partial charge in [0, 0.05) is 17.8 Å². The molecule has 1 saturated carbocycles. The first-order chi connectivity index (χ1) is 8.86. The van der Waals surface area contributed by atoms with Crippen molar-refractivity contribution >= 4 is 22.4 Å². The fourth-order valence-corrected chi connectivity index (χ4v) is 1.84. The molecule has 18 heavy (non-hydrogen) atoms. The van der Waals surface area contributed by atoms with Crippen LogP contribution in [-0.4, -0.2) is 17.0 Å². The van der Waals surface area contributed by atoms with Crippen molar-refractivity contribution in [2.24, 2.45) is 10.8 Å². The maximum absolute atomic E-state index is 5.48. The number of benzene rings is 1. The molecule has 0 spiro atoms. The van der Waals surface area contributed by atoms with Gasteiger partial charge in [-0.3, -0.25) is 10.4 Å². The Morgan fingerprint density at radius 1 is 1.33 bits per heavy atom. The van der Waals surface area contributed by atoms with Crippen molar-refractivity contribution in [3.63, 3.8) is 0 Å². The van der Waals surface area contributed by atoms with Gasteiger partial charge in [-0.2, -0.15) is 0 Å². The predicted octanol–water partition coefficient (Wildman–Crippen LogP) is 1.63. The van der Waals surface area contributed by atoms with Gasteiger partial charge >= 0.3 is 0 Å². The molecule has 0 aliphatic heterocycles. The van der Waals surface area contributed by atoms with Gasteiger partial charge in [0.05, 0.1) is 11.7 Å². The van der Waals surface area contributed by atoms with Gasteiger partial charge in [-0.25, -0.2) is 10.8 Å². The number of aliphatic imine (C=N–C) groups is 1. The summed E-state index contributed by atoms with van der Waals surface area (Å²) < 4.78 is 0. The van der Waals surface area contributed by atoms with E-state index in [-0.39, 0.29) is 0 Å². The van der Waals surface area contributed by atoms with Gasteiger partial charge in [-0.15, -0.1) is 0 Å². The van der Waals surface area contributed by atoms with Gasteiger partial charge in [0.15, 0.2) is 0 Å². The Balaban J connectivity index is 1.93. The molecule has 0 atom stereocenters. The zero-order chi connectivity index (χ0) is 12.4. The standard InChI is InChI=1S/C13H15N5/c14-18-13(16-10-4-5-10)17-12-3-1-2-9-6-7-15-8-11(9)12/h1-3,6-8,10H,4-5,14H2,(H2,16,17,18). The zero-order valence-corrected chi connectivity index (χ0v) is 9.93. The molecule has 2 aromatic rings. The fourth-order valence-electron chi connectivity index (χ4n) is 1.84. The molecule has 1 aromatic heterocycles. The average Bonchev–Trinajstić information content (AvgIpc) is 3.22. The molecule has 1 aliphatic rings. The summed E-state index contributed by atoms with van der Waals surface area (Å²) in [5.41, 5.74) is 3.56. The van der Waals surface area contributed by atoms with Gasteiger partial charge in [-0.1, -0.05) is 12.1 Å². The van der Waals surface area contributed by atoms with Gasteiger partial charge in [0.2, 0.25) is 5.96 Å². The van der Waals surface area contributed by atoms with Crippen LogP contribution < -0.4 is 16.6 Å². The Bertz CT molecular complexity index is 583. The summed E-state index contributed by atoms with van der Waals surface area (Å²) in [5, 5.41) is 5.41. The molecule has 1 aromatic carbocycles. The number of nitrogens with one attached hydrogen (secondary N) is 2. The molecule has 92 valence electrons. The highest BCUT2D eigenvalue weighted by atomic mass is 15.3. The first-order valence-electron chi connectivity index (χ1n) is 6.01. The van der Waals surface area contributed by atoms with E-state index >= 15 is 0 Å². The molecule has 0 bridgehead atoms. The largest absolute Gasteiger partial charge is 0.325 e. The zero-order valence-electron chi connectivity index (χ0n) is 9.93. The minimum Gasteiger partial charge on any atom is -0.325 e. The van der Waals surface area contributed by atoms with Gasteiger partial charge in [-0.05, 0) is 30.4 Å². The predicted molar refractivity (Wildman–Crippen MR) is 73.1 cm³/mol. The molecule has 4 N–H and O–H groups in total. The number of hydrogen-bond donors (Lipinski definition) is 3. The van der Waals surface area contributed by atoms with E-state index in [2.05, 4.69) is 26.8 Å². The van der Waals surface area contributed by atoms with E-state index in [1.165, 1.54) is 0 Å². The molecule has 0 amide bonds. The topological polar surface area (TPSA) is 75.3 Å². The highest BCUT2D eigenvalue weighted by molar-refractivity contribution is 6.02. The summed E-state index contributed by atoms with van der Waals surface area (Å²) in [6.07, 6.45) is 5.91. The van der Waals surface area contributed by atoms with Crippen LogP contribution in [0.5, 0.6) is 0 Å². The first kappa shape index (κ1) is 11.0. The summed E-state index contributed by atoms with van der Waals surface area (Å²) >= 11 is 0. The molecule has 0 radical (unpaired) electrons. The number of nitrogens with two attached hydrogens (primary N) is 1. The van der Waals surface area contributed by atoms with Crippen molar-refractivity contribution in [2.75, 3.05) is 5.32 Å². The summed E-state index contributed by atoms with van der Waals surface area (Å²) in [6.45, 7) is 0. The third-order valence-corrected chi connectivity index (χ3v) is 2.93. The van der Waals surface area contributed by atoms with E-state index in [9.17, 15) is 0 Å². The van der Waals surface area contributed by atoms with Crippen LogP contribution in [0.2, 0.25) is 0 Å². The number of hydrazine groups is 1. The molecular formula is C13H15N5. The van der Waals surface area contributed by atoms with E-state index < -0.39 is 0 Å². The minimum atomic E-state index is 0.414. The van der Waals surface area contributed by atoms with E-state index in [1.807, 2.05) is 24.4 Å². The fraction of sp³-hybridized carbons (Fsp3) is 0.231. The highest BCUT2D eigenvalue weighted by Crippen LogP contribution is 2.25. The molecule has 1 heterocycles. The number of anilines is 1. The Kier molecular flexibility index (Phi) is 2.82. The number of fused-ring (bicyclic) bond motifs is 1. The first-order valence-corrected chi connectivity index (χ1v) is 6.01. The number of pyridine rings is 1. The molecule has 5 nitrogen and oxygen atoms in total. The van der Waals surface area contributed by atoms with Crippen LogP contribution in [0, 0.1) is 0 Å². The smallest absolute Gasteiger partial charge is 0.210 e. The van der Waals surface area contributed by atoms with Crippen LogP contribution in [-0.2, 0) is 0 Å². The van der Waals surface area contributed by atoms with E-state index in [0.29, 0.717) is 12.0 Å². The molecule has 0 unspecified atom stereocenters. The van der Waals surface area contributed by atoms with Crippen molar-refractivity contribution < 1.29 is 0 Å². The third-order valence-electron chi connectivity index (χ3n) is 2.93. The van der Waals surface area contributed by atoms with Crippen molar-refractivity contribution in [1.82, 2.24) is 10.4 Å². The van der Waals surface area contributed by atoms with Gasteiger partial charge < -0.3 is 5.32 Å². The second kappa shape index (κ2) is 4.62. The van der Waals surface area contributed by atoms with Crippen LogP contribution >= 0.6 is 0 Å². The molecule has 5 heteroatoms. The van der Waals surface area contributed by atoms with Crippen LogP contribution in [0.4, 0.5) is 5.69 Å². The molecule has 1 aliphatic carbocycles. The SMILES string of the molecule is NNC(=NC1CC1)Nc1cccc2ccncc12. The molecular weight excluding hydrogens is 226 g/mol. The van der Waals surface area contributed by atoms with Gasteiger partial charge in [0.1, 0.15) is 0 Å². The van der Waals surface area contributed by atoms with Crippen LogP contribution in [0.3, 0.4) is 0 Å². The van der Waals surface area contributed by atoms with Crippen LogP contribution in [0.25, 0.3) is 10.8 Å². The molecule has 1 fully saturated rings. The maximum Gasteiger partial charge on any atom is 0.210 e. The Morgan fingerprint density at radius 3 is 3.00 bits per heavy atom. The summed E-state index contributed by atoms with van der Waals surface area (Å²) in [7, 11) is 0. The van der Waals surface area contributed by atoms with Crippen molar-refractivity contribution in [3.8, 4) is 0 Å². The lowest BCUT2D eigenvalue weighted by Crippen LogP contribution is -2.36. The van der Waals surface area contributed by atoms with Crippen molar-refractivity contribution in [2.45, 2.75) is 18.9 Å². The number of rotatable bonds is 2. The average molecular weight is 241 g/mol. The normalized spacial score (nSPS) is 15.7. The Hall–Kier alpha value is -2.14. The third kappa shape index (κ3) is 2.26. The lowest BCUT2D eigenvalue weighted by molar-refractivity contribution is 0.966. The van der Waals surface area contributed by atoms with Crippen LogP contribution in [0.15, 0.2) is 41.7 Å². The minimum absolute atomic E-state index is 0.414. The second-order valence-corrected chi connectivity index (χ2v) is 4.38. The number of hydrogen-bond acceptors (Lipinski definition) is 3. The van der Waals surface area contributed by atoms with Gasteiger partial charge in [0.25, 0.3) is 0 Å². The van der Waals surface area contributed by atoms with Crippen molar-refractivity contribution in [1.29, 1.82) is 0 Å². The monoisotopic (exact) mass is 241 g/mol. The summed E-state index contributed by atoms with van der Waals surface area (Å²) in [5.74, 6) is 6.09. The van der Waals surface area contributed by atoms with Crippen LogP contribution in [0.1, 0.15) is 12.8 Å². The summed E-state index contributed by atoms with van der Waals surface area (Å²) in [6, 6.07) is 8.43. The van der Waals surface area contributed by atoms with E-state index in [1.54, 1.807) is 6.20 Å². The molecule has 0 saturated heterocycles. The number of guanidine groups is 1. The highest BCUT2D eigenvalue weighted by Gasteiger charge is 2.21. The molecule has 3 rings (SSSR count). The lowest BCUT2D eigenvalue weighted by atomic mass is 10.1. The summed E-state index contributed by atoms with van der Waals surface area (Å²) in [4.78, 5) is 8.61. The number of aromatic nitrogens is 1. The van der Waals surface area contributed by atoms with Crippen molar-refractivity contribution in [3.05, 3.63) is 36.7 Å². The van der Waals surface area contributed by atoms with E-state index in [4.69, 9.17) is 5.84 Å². The quantitative estimate of drug-likeness (QED) is 0.323. The van der Waals surface area contributed by atoms with E-state index in [0.717, 1.165) is 29.3 Å². The maximum atomic E-state index is 5.48. The second-order valence-electron chi connectivity index (χ2n) is 4.38. The Labute approximate surface area is 105 Å².